The second-order valence-electron chi connectivity index (χ2n) is 8.27. The van der Waals surface area contributed by atoms with Crippen LogP contribution in [0.15, 0.2) is 41.2 Å². The highest BCUT2D eigenvalue weighted by Crippen LogP contribution is 2.30. The third-order valence-corrected chi connectivity index (χ3v) is 5.06. The van der Waals surface area contributed by atoms with Gasteiger partial charge in [-0.05, 0) is 86.0 Å². The Kier molecular flexibility index (Phi) is 6.85. The van der Waals surface area contributed by atoms with E-state index in [4.69, 9.17) is 9.47 Å². The summed E-state index contributed by atoms with van der Waals surface area (Å²) in [6, 6.07) is 7.68. The molecule has 0 amide bonds. The predicted molar refractivity (Wildman–Crippen MR) is 117 cm³/mol. The van der Waals surface area contributed by atoms with Crippen LogP contribution in [0.4, 0.5) is 13.2 Å². The van der Waals surface area contributed by atoms with Crippen LogP contribution in [-0.4, -0.2) is 38.0 Å². The van der Waals surface area contributed by atoms with Gasteiger partial charge in [-0.1, -0.05) is 12.1 Å². The summed E-state index contributed by atoms with van der Waals surface area (Å²) in [7, 11) is 0. The Morgan fingerprint density at radius 2 is 1.62 bits per heavy atom. The predicted octanol–water partition coefficient (Wildman–Crippen LogP) is 3.83. The number of halogens is 3. The van der Waals surface area contributed by atoms with Crippen LogP contribution < -0.4 is 10.4 Å². The minimum atomic E-state index is -4.47. The van der Waals surface area contributed by atoms with E-state index in [9.17, 15) is 22.8 Å². The van der Waals surface area contributed by atoms with Crippen molar-refractivity contribution in [1.82, 2.24) is 19.8 Å². The van der Waals surface area contributed by atoms with Crippen molar-refractivity contribution in [1.29, 1.82) is 0 Å². The summed E-state index contributed by atoms with van der Waals surface area (Å²) in [5, 5.41) is 7.63. The average molecular weight is 478 g/mol. The number of hydrogen-bond acceptors (Lipinski definition) is 6. The van der Waals surface area contributed by atoms with E-state index in [0.717, 1.165) is 50.3 Å². The third kappa shape index (κ3) is 5.29. The fourth-order valence-electron chi connectivity index (χ4n) is 3.39. The van der Waals surface area contributed by atoms with E-state index in [-0.39, 0.29) is 18.8 Å². The van der Waals surface area contributed by atoms with Gasteiger partial charge in [0.05, 0.1) is 24.4 Å². The Labute approximate surface area is 193 Å². The number of rotatable bonds is 7. The number of tetrazole rings is 1. The first kappa shape index (κ1) is 25.0. The van der Waals surface area contributed by atoms with Gasteiger partial charge in [0, 0.05) is 0 Å². The van der Waals surface area contributed by atoms with E-state index in [2.05, 4.69) is 10.4 Å². The maximum Gasteiger partial charge on any atom is 0.416 e. The maximum atomic E-state index is 12.8. The summed E-state index contributed by atoms with van der Waals surface area (Å²) in [4.78, 5) is 24.9. The zero-order valence-electron chi connectivity index (χ0n) is 19.4. The smallest absolute Gasteiger partial charge is 0.416 e. The number of benzene rings is 2. The van der Waals surface area contributed by atoms with Gasteiger partial charge in [-0.15, -0.1) is 0 Å². The lowest BCUT2D eigenvalue weighted by Gasteiger charge is -2.26. The largest absolute Gasteiger partial charge is 0.476 e. The van der Waals surface area contributed by atoms with E-state index in [1.54, 1.807) is 32.9 Å². The molecule has 0 fully saturated rings. The monoisotopic (exact) mass is 478 g/mol. The summed E-state index contributed by atoms with van der Waals surface area (Å²) in [5.41, 5.74) is -0.214. The molecular weight excluding hydrogens is 453 g/mol. The van der Waals surface area contributed by atoms with E-state index in [1.807, 2.05) is 13.8 Å². The molecule has 0 radical (unpaired) electrons. The molecule has 3 rings (SSSR count). The van der Waals surface area contributed by atoms with Crippen molar-refractivity contribution in [3.05, 3.63) is 69.1 Å². The van der Waals surface area contributed by atoms with E-state index < -0.39 is 29.0 Å². The number of alkyl halides is 3. The van der Waals surface area contributed by atoms with Gasteiger partial charge in [-0.2, -0.15) is 22.5 Å². The fourth-order valence-corrected chi connectivity index (χ4v) is 3.39. The van der Waals surface area contributed by atoms with Gasteiger partial charge in [-0.3, -0.25) is 0 Å². The zero-order chi connectivity index (χ0) is 25.3. The second-order valence-corrected chi connectivity index (χ2v) is 8.27. The SMILES string of the molecule is CCOC(=O)C(C)(C)Oc1c(C)cc(Cn2nnn(-c3ccc(C(F)(F)F)cc3)c2=O)cc1C. The number of carbonyl (C=O) groups excluding carboxylic acids is 1. The number of aromatic nitrogens is 4. The van der Waals surface area contributed by atoms with Crippen molar-refractivity contribution in [3.63, 3.8) is 0 Å². The molecular formula is C23H25F3N4O4. The van der Waals surface area contributed by atoms with E-state index in [1.165, 1.54) is 0 Å². The highest BCUT2D eigenvalue weighted by Gasteiger charge is 2.33. The molecule has 2 aromatic carbocycles. The second kappa shape index (κ2) is 9.32. The molecule has 0 aliphatic heterocycles. The molecule has 0 atom stereocenters. The molecule has 0 bridgehead atoms. The molecule has 0 spiro atoms. The number of aryl methyl sites for hydroxylation is 2. The summed E-state index contributed by atoms with van der Waals surface area (Å²) >= 11 is 0. The van der Waals surface area contributed by atoms with Crippen LogP contribution in [0.3, 0.4) is 0 Å². The first-order valence-corrected chi connectivity index (χ1v) is 10.5. The van der Waals surface area contributed by atoms with Gasteiger partial charge >= 0.3 is 17.8 Å². The van der Waals surface area contributed by atoms with Gasteiger partial charge in [0.1, 0.15) is 5.75 Å². The Morgan fingerprint density at radius 1 is 1.03 bits per heavy atom. The summed E-state index contributed by atoms with van der Waals surface area (Å²) in [6.45, 7) is 8.92. The summed E-state index contributed by atoms with van der Waals surface area (Å²) in [6.07, 6.45) is -4.47. The number of nitrogens with zero attached hydrogens (tertiary/aromatic N) is 4. The standard InChI is InChI=1S/C23H25F3N4O4/c1-6-33-20(31)22(4,5)34-19-14(2)11-16(12-15(19)3)13-29-21(32)30(28-27-29)18-9-7-17(8-10-18)23(24,25)26/h7-12H,6,13H2,1-5H3. The van der Waals surface area contributed by atoms with Gasteiger partial charge in [0.25, 0.3) is 0 Å². The third-order valence-electron chi connectivity index (χ3n) is 5.06. The van der Waals surface area contributed by atoms with Crippen LogP contribution in [-0.2, 0) is 22.3 Å². The lowest BCUT2D eigenvalue weighted by Crippen LogP contribution is -2.40. The van der Waals surface area contributed by atoms with Gasteiger partial charge < -0.3 is 9.47 Å². The summed E-state index contributed by atoms with van der Waals surface area (Å²) < 4.78 is 51.4. The summed E-state index contributed by atoms with van der Waals surface area (Å²) in [5.74, 6) is 0.0480. The highest BCUT2D eigenvalue weighted by molar-refractivity contribution is 5.79. The number of carbonyl (C=O) groups is 1. The normalized spacial score (nSPS) is 12.0. The van der Waals surface area contributed by atoms with Gasteiger partial charge in [0.15, 0.2) is 5.60 Å². The molecule has 0 saturated heterocycles. The Hall–Kier alpha value is -3.63. The van der Waals surface area contributed by atoms with Gasteiger partial charge in [0.2, 0.25) is 0 Å². The first-order valence-electron chi connectivity index (χ1n) is 10.5. The molecule has 3 aromatic rings. The molecule has 8 nitrogen and oxygen atoms in total. The van der Waals surface area contributed by atoms with Crippen LogP contribution in [0, 0.1) is 13.8 Å². The van der Waals surface area contributed by atoms with Crippen LogP contribution in [0.1, 0.15) is 43.0 Å². The van der Waals surface area contributed by atoms with Crippen molar-refractivity contribution >= 4 is 5.97 Å². The van der Waals surface area contributed by atoms with Crippen molar-refractivity contribution in [2.24, 2.45) is 0 Å². The maximum absolute atomic E-state index is 12.8. The van der Waals surface area contributed by atoms with Crippen molar-refractivity contribution in [3.8, 4) is 11.4 Å². The van der Waals surface area contributed by atoms with Crippen LogP contribution in [0.5, 0.6) is 5.75 Å². The molecule has 1 aromatic heterocycles. The number of hydrogen-bond donors (Lipinski definition) is 0. The minimum Gasteiger partial charge on any atom is -0.476 e. The van der Waals surface area contributed by atoms with Crippen molar-refractivity contribution < 1.29 is 27.4 Å². The molecule has 182 valence electrons. The molecule has 0 unspecified atom stereocenters. The lowest BCUT2D eigenvalue weighted by atomic mass is 10.0. The Bertz CT molecular complexity index is 1220. The average Bonchev–Trinajstić information content (AvgIpc) is 3.10. The molecule has 0 aliphatic rings. The highest BCUT2D eigenvalue weighted by atomic mass is 19.4. The zero-order valence-corrected chi connectivity index (χ0v) is 19.4. The molecule has 0 N–H and O–H groups in total. The minimum absolute atomic E-state index is 0.0860. The van der Waals surface area contributed by atoms with Gasteiger partial charge in [-0.25, -0.2) is 9.59 Å². The first-order chi connectivity index (χ1) is 15.8. The topological polar surface area (TPSA) is 88.2 Å². The Balaban J connectivity index is 1.83. The van der Waals surface area contributed by atoms with Crippen LogP contribution in [0.2, 0.25) is 0 Å². The molecule has 34 heavy (non-hydrogen) atoms. The number of esters is 1. The molecule has 11 heteroatoms. The van der Waals surface area contributed by atoms with Crippen molar-refractivity contribution in [2.75, 3.05) is 6.61 Å². The Morgan fingerprint density at radius 3 is 2.15 bits per heavy atom. The van der Waals surface area contributed by atoms with Crippen molar-refractivity contribution in [2.45, 2.75) is 52.9 Å². The van der Waals surface area contributed by atoms with Crippen LogP contribution >= 0.6 is 0 Å². The van der Waals surface area contributed by atoms with E-state index >= 15 is 0 Å². The number of ether oxygens (including phenoxy) is 2. The molecule has 0 aliphatic carbocycles. The van der Waals surface area contributed by atoms with E-state index in [0.29, 0.717) is 5.75 Å². The van der Waals surface area contributed by atoms with Crippen LogP contribution in [0.25, 0.3) is 5.69 Å². The quantitative estimate of drug-likeness (QED) is 0.480. The molecule has 0 saturated carbocycles. The fraction of sp³-hybridized carbons (Fsp3) is 0.391. The molecule has 1 heterocycles. The lowest BCUT2D eigenvalue weighted by molar-refractivity contribution is -0.158.